The molecule has 0 fully saturated rings. The molecule has 0 saturated heterocycles. The number of amides is 2. The first-order chi connectivity index (χ1) is 13.0. The van der Waals surface area contributed by atoms with Crippen LogP contribution < -0.4 is 15.4 Å². The molecule has 2 N–H and O–H groups in total. The quantitative estimate of drug-likeness (QED) is 0.556. The van der Waals surface area contributed by atoms with Gasteiger partial charge in [0.25, 0.3) is 5.91 Å². The molecule has 27 heavy (non-hydrogen) atoms. The maximum Gasteiger partial charge on any atom is 0.255 e. The Bertz CT molecular complexity index is 775. The molecule has 0 radical (unpaired) electrons. The maximum absolute atomic E-state index is 12.5. The van der Waals surface area contributed by atoms with Gasteiger partial charge in [-0.3, -0.25) is 9.59 Å². The average molecular weight is 389 g/mol. The second-order valence-electron chi connectivity index (χ2n) is 6.13. The highest BCUT2D eigenvalue weighted by molar-refractivity contribution is 6.34. The summed E-state index contributed by atoms with van der Waals surface area (Å²) in [5.41, 5.74) is 1.52. The van der Waals surface area contributed by atoms with Gasteiger partial charge >= 0.3 is 0 Å². The standard InChI is InChI=1S/C21H25ClN2O3/c1-3-5-6-13-27-17-10-7-15(8-11-17)21(26)24-19-14-16(9-12-18(19)22)23-20(25)4-2/h7-12,14H,3-6,13H2,1-2H3,(H,23,25)(H,24,26). The Morgan fingerprint density at radius 1 is 1.00 bits per heavy atom. The van der Waals surface area contributed by atoms with Crippen molar-refractivity contribution in [2.24, 2.45) is 0 Å². The molecule has 0 heterocycles. The molecule has 5 nitrogen and oxygen atoms in total. The molecule has 0 unspecified atom stereocenters. The smallest absolute Gasteiger partial charge is 0.255 e. The SMILES string of the molecule is CCCCCOc1ccc(C(=O)Nc2cc(NC(=O)CC)ccc2Cl)cc1. The Morgan fingerprint density at radius 2 is 1.74 bits per heavy atom. The first-order valence-corrected chi connectivity index (χ1v) is 9.55. The van der Waals surface area contributed by atoms with Crippen LogP contribution in [0.1, 0.15) is 49.9 Å². The van der Waals surface area contributed by atoms with E-state index >= 15 is 0 Å². The number of nitrogens with one attached hydrogen (secondary N) is 2. The van der Waals surface area contributed by atoms with E-state index in [1.807, 2.05) is 0 Å². The lowest BCUT2D eigenvalue weighted by molar-refractivity contribution is -0.115. The minimum Gasteiger partial charge on any atom is -0.494 e. The summed E-state index contributed by atoms with van der Waals surface area (Å²) in [7, 11) is 0. The molecule has 0 aromatic heterocycles. The van der Waals surface area contributed by atoms with E-state index in [0.717, 1.165) is 25.0 Å². The van der Waals surface area contributed by atoms with Crippen LogP contribution in [0.15, 0.2) is 42.5 Å². The van der Waals surface area contributed by atoms with Gasteiger partial charge in [0.15, 0.2) is 0 Å². The predicted molar refractivity (Wildman–Crippen MR) is 110 cm³/mol. The van der Waals surface area contributed by atoms with Crippen molar-refractivity contribution in [1.82, 2.24) is 0 Å². The van der Waals surface area contributed by atoms with Crippen LogP contribution in [0, 0.1) is 0 Å². The summed E-state index contributed by atoms with van der Waals surface area (Å²) < 4.78 is 5.65. The zero-order chi connectivity index (χ0) is 19.6. The number of benzene rings is 2. The van der Waals surface area contributed by atoms with E-state index in [1.54, 1.807) is 49.4 Å². The second kappa shape index (κ2) is 10.6. The monoisotopic (exact) mass is 388 g/mol. The molecule has 6 heteroatoms. The highest BCUT2D eigenvalue weighted by atomic mass is 35.5. The molecule has 144 valence electrons. The van der Waals surface area contributed by atoms with E-state index < -0.39 is 0 Å². The third-order valence-electron chi connectivity index (χ3n) is 3.95. The number of hydrogen-bond acceptors (Lipinski definition) is 3. The van der Waals surface area contributed by atoms with Crippen LogP contribution >= 0.6 is 11.6 Å². The van der Waals surface area contributed by atoms with Crippen molar-refractivity contribution in [3.05, 3.63) is 53.1 Å². The zero-order valence-corrected chi connectivity index (χ0v) is 16.4. The van der Waals surface area contributed by atoms with Crippen LogP contribution in [0.3, 0.4) is 0 Å². The number of ether oxygens (including phenoxy) is 1. The molecule has 0 aliphatic heterocycles. The van der Waals surface area contributed by atoms with E-state index in [9.17, 15) is 9.59 Å². The summed E-state index contributed by atoms with van der Waals surface area (Å²) in [6.45, 7) is 4.59. The van der Waals surface area contributed by atoms with Gasteiger partial charge in [-0.2, -0.15) is 0 Å². The largest absolute Gasteiger partial charge is 0.494 e. The van der Waals surface area contributed by atoms with Gasteiger partial charge in [0.05, 0.1) is 17.3 Å². The van der Waals surface area contributed by atoms with Crippen molar-refractivity contribution >= 4 is 34.8 Å². The number of hydrogen-bond donors (Lipinski definition) is 2. The molecule has 0 bridgehead atoms. The summed E-state index contributed by atoms with van der Waals surface area (Å²) in [6, 6.07) is 11.9. The Morgan fingerprint density at radius 3 is 2.41 bits per heavy atom. The third-order valence-corrected chi connectivity index (χ3v) is 4.28. The molecule has 0 aliphatic carbocycles. The van der Waals surface area contributed by atoms with Gasteiger partial charge < -0.3 is 15.4 Å². The normalized spacial score (nSPS) is 10.3. The fourth-order valence-corrected chi connectivity index (χ4v) is 2.55. The molecule has 2 rings (SSSR count). The first kappa shape index (κ1) is 20.8. The van der Waals surface area contributed by atoms with Gasteiger partial charge in [-0.1, -0.05) is 38.3 Å². The molecule has 2 amide bonds. The van der Waals surface area contributed by atoms with Crippen molar-refractivity contribution in [3.63, 3.8) is 0 Å². The number of rotatable bonds is 9. The van der Waals surface area contributed by atoms with Gasteiger partial charge in [0.1, 0.15) is 5.75 Å². The fourth-order valence-electron chi connectivity index (χ4n) is 2.39. The van der Waals surface area contributed by atoms with Gasteiger partial charge in [0, 0.05) is 17.7 Å². The Balaban J connectivity index is 2.00. The van der Waals surface area contributed by atoms with Crippen molar-refractivity contribution in [1.29, 1.82) is 0 Å². The molecule has 2 aromatic carbocycles. The molecule has 2 aromatic rings. The molecular formula is C21H25ClN2O3. The topological polar surface area (TPSA) is 67.4 Å². The number of halogens is 1. The predicted octanol–water partition coefficient (Wildman–Crippen LogP) is 5.51. The molecule has 0 aliphatic rings. The van der Waals surface area contributed by atoms with E-state index in [1.165, 1.54) is 0 Å². The minimum atomic E-state index is -0.284. The summed E-state index contributed by atoms with van der Waals surface area (Å²) in [6.07, 6.45) is 3.67. The second-order valence-corrected chi connectivity index (χ2v) is 6.54. The lowest BCUT2D eigenvalue weighted by Crippen LogP contribution is -2.13. The van der Waals surface area contributed by atoms with Crippen LogP contribution in [0.25, 0.3) is 0 Å². The Kier molecular flexibility index (Phi) is 8.14. The van der Waals surface area contributed by atoms with Gasteiger partial charge in [0.2, 0.25) is 5.91 Å². The Labute approximate surface area is 165 Å². The van der Waals surface area contributed by atoms with Crippen LogP contribution in [-0.4, -0.2) is 18.4 Å². The van der Waals surface area contributed by atoms with Crippen LogP contribution in [0.5, 0.6) is 5.75 Å². The zero-order valence-electron chi connectivity index (χ0n) is 15.7. The number of unbranched alkanes of at least 4 members (excludes halogenated alkanes) is 2. The van der Waals surface area contributed by atoms with Crippen LogP contribution in [-0.2, 0) is 4.79 Å². The molecule has 0 spiro atoms. The third kappa shape index (κ3) is 6.61. The first-order valence-electron chi connectivity index (χ1n) is 9.17. The van der Waals surface area contributed by atoms with Gasteiger partial charge in [-0.25, -0.2) is 0 Å². The number of carbonyl (C=O) groups excluding carboxylic acids is 2. The molecule has 0 atom stereocenters. The highest BCUT2D eigenvalue weighted by Crippen LogP contribution is 2.26. The lowest BCUT2D eigenvalue weighted by atomic mass is 10.2. The Hall–Kier alpha value is -2.53. The van der Waals surface area contributed by atoms with Crippen molar-refractivity contribution < 1.29 is 14.3 Å². The minimum absolute atomic E-state index is 0.107. The van der Waals surface area contributed by atoms with Crippen molar-refractivity contribution in [2.75, 3.05) is 17.2 Å². The summed E-state index contributed by atoms with van der Waals surface area (Å²) in [4.78, 5) is 24.0. The summed E-state index contributed by atoms with van der Waals surface area (Å²) >= 11 is 6.16. The van der Waals surface area contributed by atoms with Crippen LogP contribution in [0.4, 0.5) is 11.4 Å². The number of carbonyl (C=O) groups is 2. The summed E-state index contributed by atoms with van der Waals surface area (Å²) in [5.74, 6) is 0.350. The van der Waals surface area contributed by atoms with Gasteiger partial charge in [-0.15, -0.1) is 0 Å². The van der Waals surface area contributed by atoms with Gasteiger partial charge in [-0.05, 0) is 48.9 Å². The highest BCUT2D eigenvalue weighted by Gasteiger charge is 2.10. The van der Waals surface area contributed by atoms with Crippen LogP contribution in [0.2, 0.25) is 5.02 Å². The van der Waals surface area contributed by atoms with Crippen molar-refractivity contribution in [2.45, 2.75) is 39.5 Å². The fraction of sp³-hybridized carbons (Fsp3) is 0.333. The van der Waals surface area contributed by atoms with E-state index in [2.05, 4.69) is 17.6 Å². The lowest BCUT2D eigenvalue weighted by Gasteiger charge is -2.11. The maximum atomic E-state index is 12.5. The van der Waals surface area contributed by atoms with Crippen molar-refractivity contribution in [3.8, 4) is 5.75 Å². The van der Waals surface area contributed by atoms with E-state index in [4.69, 9.17) is 16.3 Å². The average Bonchev–Trinajstić information content (AvgIpc) is 2.68. The van der Waals surface area contributed by atoms with E-state index in [-0.39, 0.29) is 11.8 Å². The van der Waals surface area contributed by atoms with E-state index in [0.29, 0.717) is 35.0 Å². The molecule has 0 saturated carbocycles. The number of anilines is 2. The summed E-state index contributed by atoms with van der Waals surface area (Å²) in [5, 5.41) is 5.91. The molecular weight excluding hydrogens is 364 g/mol.